The molecule has 2 atom stereocenters. The number of rotatable bonds is 1. The Hall–Kier alpha value is -1.01. The van der Waals surface area contributed by atoms with Crippen LogP contribution in [0.5, 0.6) is 0 Å². The molecule has 2 nitrogen and oxygen atoms in total. The number of nitriles is 1. The second-order valence-corrected chi connectivity index (χ2v) is 6.64. The fourth-order valence-electron chi connectivity index (χ4n) is 3.77. The predicted octanol–water partition coefficient (Wildman–Crippen LogP) is 4.48. The molecule has 1 aromatic carbocycles. The molecule has 0 spiro atoms. The molecular formula is C16H19BrN2. The highest BCUT2D eigenvalue weighted by Crippen LogP contribution is 2.39. The first-order valence-electron chi connectivity index (χ1n) is 7.26. The molecule has 1 heterocycles. The zero-order valence-corrected chi connectivity index (χ0v) is 12.7. The van der Waals surface area contributed by atoms with E-state index in [0.29, 0.717) is 6.04 Å². The summed E-state index contributed by atoms with van der Waals surface area (Å²) in [5.74, 6) is 0.845. The van der Waals surface area contributed by atoms with Crippen molar-refractivity contribution in [2.45, 2.75) is 44.6 Å². The Labute approximate surface area is 123 Å². The van der Waals surface area contributed by atoms with Crippen LogP contribution in [0.1, 0.15) is 44.1 Å². The molecule has 0 bridgehead atoms. The van der Waals surface area contributed by atoms with Gasteiger partial charge in [-0.3, -0.25) is 0 Å². The lowest BCUT2D eigenvalue weighted by Crippen LogP contribution is -2.47. The van der Waals surface area contributed by atoms with Crippen LogP contribution in [0.4, 0.5) is 5.69 Å². The maximum Gasteiger partial charge on any atom is 0.101 e. The Morgan fingerprint density at radius 1 is 1.16 bits per heavy atom. The third-order valence-corrected chi connectivity index (χ3v) is 5.12. The van der Waals surface area contributed by atoms with E-state index >= 15 is 0 Å². The maximum absolute atomic E-state index is 9.37. The highest BCUT2D eigenvalue weighted by Gasteiger charge is 2.34. The van der Waals surface area contributed by atoms with Crippen LogP contribution < -0.4 is 4.90 Å². The molecular weight excluding hydrogens is 300 g/mol. The molecule has 1 aliphatic carbocycles. The maximum atomic E-state index is 9.37. The SMILES string of the molecule is N#Cc1cc(Br)ccc1N1CCC[C@H]2CCCC[C@H]21. The number of hydrogen-bond acceptors (Lipinski definition) is 2. The van der Waals surface area contributed by atoms with Crippen LogP contribution >= 0.6 is 15.9 Å². The van der Waals surface area contributed by atoms with Gasteiger partial charge in [0.15, 0.2) is 0 Å². The van der Waals surface area contributed by atoms with Gasteiger partial charge in [-0.15, -0.1) is 0 Å². The predicted molar refractivity (Wildman–Crippen MR) is 81.2 cm³/mol. The minimum Gasteiger partial charge on any atom is -0.367 e. The lowest BCUT2D eigenvalue weighted by atomic mass is 9.78. The fourth-order valence-corrected chi connectivity index (χ4v) is 4.13. The molecule has 1 saturated heterocycles. The van der Waals surface area contributed by atoms with Crippen molar-refractivity contribution >= 4 is 21.6 Å². The summed E-state index contributed by atoms with van der Waals surface area (Å²) in [4.78, 5) is 2.51. The van der Waals surface area contributed by atoms with Gasteiger partial charge in [-0.05, 0) is 49.8 Å². The molecule has 0 unspecified atom stereocenters. The average Bonchev–Trinajstić information content (AvgIpc) is 2.46. The van der Waals surface area contributed by atoms with Gasteiger partial charge in [-0.2, -0.15) is 5.26 Å². The third-order valence-electron chi connectivity index (χ3n) is 4.63. The van der Waals surface area contributed by atoms with Crippen molar-refractivity contribution in [3.8, 4) is 6.07 Å². The van der Waals surface area contributed by atoms with E-state index in [1.807, 2.05) is 6.07 Å². The standard InChI is InChI=1S/C16H19BrN2/c17-14-7-8-16(13(10-14)11-18)19-9-3-5-12-4-1-2-6-15(12)19/h7-8,10,12,15H,1-6,9H2/t12-,15-/m1/s1. The summed E-state index contributed by atoms with van der Waals surface area (Å²) in [6.07, 6.45) is 8.05. The van der Waals surface area contributed by atoms with Crippen LogP contribution in [0.15, 0.2) is 22.7 Å². The van der Waals surface area contributed by atoms with E-state index in [0.717, 1.165) is 28.2 Å². The smallest absolute Gasteiger partial charge is 0.101 e. The summed E-state index contributed by atoms with van der Waals surface area (Å²) in [5.41, 5.74) is 1.95. The molecule has 100 valence electrons. The molecule has 3 heteroatoms. The largest absolute Gasteiger partial charge is 0.367 e. The average molecular weight is 319 g/mol. The van der Waals surface area contributed by atoms with Crippen LogP contribution in [0.25, 0.3) is 0 Å². The molecule has 2 fully saturated rings. The summed E-state index contributed by atoms with van der Waals surface area (Å²) >= 11 is 3.46. The molecule has 1 saturated carbocycles. The Balaban J connectivity index is 1.94. The van der Waals surface area contributed by atoms with E-state index in [-0.39, 0.29) is 0 Å². The number of piperidine rings is 1. The molecule has 3 rings (SSSR count). The number of benzene rings is 1. The van der Waals surface area contributed by atoms with Gasteiger partial charge < -0.3 is 4.90 Å². The zero-order valence-electron chi connectivity index (χ0n) is 11.1. The molecule has 1 aromatic rings. The van der Waals surface area contributed by atoms with Crippen molar-refractivity contribution < 1.29 is 0 Å². The van der Waals surface area contributed by atoms with Gasteiger partial charge >= 0.3 is 0 Å². The van der Waals surface area contributed by atoms with Crippen LogP contribution in [-0.4, -0.2) is 12.6 Å². The van der Waals surface area contributed by atoms with Crippen LogP contribution in [-0.2, 0) is 0 Å². The van der Waals surface area contributed by atoms with Gasteiger partial charge in [0.25, 0.3) is 0 Å². The summed E-state index contributed by atoms with van der Waals surface area (Å²) in [6.45, 7) is 1.11. The third kappa shape index (κ3) is 2.51. The zero-order chi connectivity index (χ0) is 13.2. The highest BCUT2D eigenvalue weighted by molar-refractivity contribution is 9.10. The van der Waals surface area contributed by atoms with Gasteiger partial charge in [0.2, 0.25) is 0 Å². The van der Waals surface area contributed by atoms with E-state index in [2.05, 4.69) is 39.0 Å². The van der Waals surface area contributed by atoms with E-state index < -0.39 is 0 Å². The second-order valence-electron chi connectivity index (χ2n) is 5.72. The minimum atomic E-state index is 0.663. The van der Waals surface area contributed by atoms with Crippen LogP contribution in [0, 0.1) is 17.2 Å². The van der Waals surface area contributed by atoms with Crippen molar-refractivity contribution in [2.24, 2.45) is 5.92 Å². The van der Waals surface area contributed by atoms with E-state index in [1.165, 1.54) is 38.5 Å². The van der Waals surface area contributed by atoms with Crippen LogP contribution in [0.3, 0.4) is 0 Å². The molecule has 0 radical (unpaired) electrons. The number of anilines is 1. The highest BCUT2D eigenvalue weighted by atomic mass is 79.9. The van der Waals surface area contributed by atoms with E-state index in [4.69, 9.17) is 0 Å². The lowest BCUT2D eigenvalue weighted by molar-refractivity contribution is 0.244. The molecule has 0 amide bonds. The molecule has 2 aliphatic rings. The Morgan fingerprint density at radius 2 is 1.95 bits per heavy atom. The fraction of sp³-hybridized carbons (Fsp3) is 0.562. The summed E-state index contributed by atoms with van der Waals surface area (Å²) in [5, 5.41) is 9.37. The number of hydrogen-bond donors (Lipinski definition) is 0. The Kier molecular flexibility index (Phi) is 3.79. The van der Waals surface area contributed by atoms with Crippen molar-refractivity contribution in [2.75, 3.05) is 11.4 Å². The van der Waals surface area contributed by atoms with Crippen molar-refractivity contribution in [1.82, 2.24) is 0 Å². The Morgan fingerprint density at radius 3 is 2.79 bits per heavy atom. The monoisotopic (exact) mass is 318 g/mol. The molecule has 0 N–H and O–H groups in total. The molecule has 0 aromatic heterocycles. The first-order valence-corrected chi connectivity index (χ1v) is 8.05. The topological polar surface area (TPSA) is 27.0 Å². The molecule has 1 aliphatic heterocycles. The van der Waals surface area contributed by atoms with Gasteiger partial charge in [-0.25, -0.2) is 0 Å². The summed E-state index contributed by atoms with van der Waals surface area (Å²) in [6, 6.07) is 9.14. The first-order chi connectivity index (χ1) is 9.29. The molecule has 19 heavy (non-hydrogen) atoms. The van der Waals surface area contributed by atoms with Crippen molar-refractivity contribution in [1.29, 1.82) is 5.26 Å². The van der Waals surface area contributed by atoms with Crippen molar-refractivity contribution in [3.05, 3.63) is 28.2 Å². The van der Waals surface area contributed by atoms with Crippen LogP contribution in [0.2, 0.25) is 0 Å². The van der Waals surface area contributed by atoms with E-state index in [1.54, 1.807) is 0 Å². The normalized spacial score (nSPS) is 26.6. The van der Waals surface area contributed by atoms with Crippen molar-refractivity contribution in [3.63, 3.8) is 0 Å². The second kappa shape index (κ2) is 5.54. The van der Waals surface area contributed by atoms with E-state index in [9.17, 15) is 5.26 Å². The minimum absolute atomic E-state index is 0.663. The van der Waals surface area contributed by atoms with Gasteiger partial charge in [0.1, 0.15) is 6.07 Å². The summed E-state index contributed by atoms with van der Waals surface area (Å²) in [7, 11) is 0. The number of nitrogens with zero attached hydrogens (tertiary/aromatic N) is 2. The number of halogens is 1. The van der Waals surface area contributed by atoms with Gasteiger partial charge in [0.05, 0.1) is 11.3 Å². The Bertz CT molecular complexity index is 504. The lowest BCUT2D eigenvalue weighted by Gasteiger charge is -2.45. The van der Waals surface area contributed by atoms with Gasteiger partial charge in [-0.1, -0.05) is 28.8 Å². The van der Waals surface area contributed by atoms with Gasteiger partial charge in [0, 0.05) is 17.1 Å². The quantitative estimate of drug-likeness (QED) is 0.763. The first kappa shape index (κ1) is 13.0. The summed E-state index contributed by atoms with van der Waals surface area (Å²) < 4.78 is 0.991. The number of fused-ring (bicyclic) bond motifs is 1.